The van der Waals surface area contributed by atoms with Crippen molar-refractivity contribution in [2.45, 2.75) is 20.4 Å². The highest BCUT2D eigenvalue weighted by atomic mass is 16.3. The Labute approximate surface area is 86.4 Å². The van der Waals surface area contributed by atoms with E-state index in [1.165, 1.54) is 0 Å². The fraction of sp³-hybridized carbons (Fsp3) is 0.300. The molecule has 0 radical (unpaired) electrons. The van der Waals surface area contributed by atoms with Crippen LogP contribution >= 0.6 is 0 Å². The van der Waals surface area contributed by atoms with Crippen molar-refractivity contribution in [2.75, 3.05) is 0 Å². The minimum atomic E-state index is -0.625. The zero-order valence-corrected chi connectivity index (χ0v) is 8.40. The molecule has 0 aliphatic carbocycles. The SMILES string of the molecule is Cc1c(C)c(O)n(CC#N)c(=O)c1C#N. The average Bonchev–Trinajstić information content (AvgIpc) is 2.22. The zero-order valence-electron chi connectivity index (χ0n) is 8.40. The maximum absolute atomic E-state index is 11.6. The molecule has 5 heteroatoms. The number of nitriles is 2. The van der Waals surface area contributed by atoms with Crippen LogP contribution in [-0.4, -0.2) is 9.67 Å². The third-order valence-electron chi connectivity index (χ3n) is 2.33. The van der Waals surface area contributed by atoms with Gasteiger partial charge < -0.3 is 5.11 Å². The van der Waals surface area contributed by atoms with Gasteiger partial charge in [-0.1, -0.05) is 0 Å². The van der Waals surface area contributed by atoms with E-state index in [2.05, 4.69) is 0 Å². The Bertz CT molecular complexity index is 544. The lowest BCUT2D eigenvalue weighted by Gasteiger charge is -2.10. The third kappa shape index (κ3) is 1.55. The highest BCUT2D eigenvalue weighted by molar-refractivity contribution is 5.44. The van der Waals surface area contributed by atoms with Gasteiger partial charge in [0.25, 0.3) is 5.56 Å². The van der Waals surface area contributed by atoms with Gasteiger partial charge in [-0.3, -0.25) is 9.36 Å². The van der Waals surface area contributed by atoms with Crippen molar-refractivity contribution in [3.63, 3.8) is 0 Å². The summed E-state index contributed by atoms with van der Waals surface area (Å²) in [5.41, 5.74) is 0.246. The number of hydrogen-bond donors (Lipinski definition) is 1. The zero-order chi connectivity index (χ0) is 11.6. The van der Waals surface area contributed by atoms with Crippen LogP contribution in [0.2, 0.25) is 0 Å². The van der Waals surface area contributed by atoms with E-state index in [9.17, 15) is 9.90 Å². The summed E-state index contributed by atoms with van der Waals surface area (Å²) in [7, 11) is 0. The molecule has 0 aliphatic heterocycles. The minimum absolute atomic E-state index is 0.0273. The number of nitrogens with zero attached hydrogens (tertiary/aromatic N) is 3. The molecule has 0 aliphatic rings. The smallest absolute Gasteiger partial charge is 0.272 e. The molecule has 0 bridgehead atoms. The maximum atomic E-state index is 11.6. The van der Waals surface area contributed by atoms with Crippen LogP contribution in [0.3, 0.4) is 0 Å². The van der Waals surface area contributed by atoms with Gasteiger partial charge in [0.1, 0.15) is 18.2 Å². The molecule has 1 N–H and O–H groups in total. The molecule has 0 unspecified atom stereocenters. The van der Waals surface area contributed by atoms with Crippen LogP contribution in [0.15, 0.2) is 4.79 Å². The molecule has 1 heterocycles. The summed E-state index contributed by atoms with van der Waals surface area (Å²) in [6, 6.07) is 3.53. The lowest BCUT2D eigenvalue weighted by Crippen LogP contribution is -2.24. The van der Waals surface area contributed by atoms with E-state index in [0.717, 1.165) is 4.57 Å². The van der Waals surface area contributed by atoms with Crippen molar-refractivity contribution in [2.24, 2.45) is 0 Å². The molecule has 76 valence electrons. The summed E-state index contributed by atoms with van der Waals surface area (Å²) in [6.07, 6.45) is 0. The summed E-state index contributed by atoms with van der Waals surface area (Å²) in [5.74, 6) is -0.252. The molecule has 0 spiro atoms. The van der Waals surface area contributed by atoms with Gasteiger partial charge in [-0.2, -0.15) is 10.5 Å². The van der Waals surface area contributed by atoms with Gasteiger partial charge in [-0.05, 0) is 19.4 Å². The van der Waals surface area contributed by atoms with Crippen LogP contribution in [-0.2, 0) is 6.54 Å². The van der Waals surface area contributed by atoms with E-state index in [1.807, 2.05) is 0 Å². The molecule has 1 rings (SSSR count). The van der Waals surface area contributed by atoms with Gasteiger partial charge in [-0.15, -0.1) is 0 Å². The van der Waals surface area contributed by atoms with Crippen LogP contribution < -0.4 is 5.56 Å². The number of aromatic hydroxyl groups is 1. The lowest BCUT2D eigenvalue weighted by atomic mass is 10.1. The summed E-state index contributed by atoms with van der Waals surface area (Å²) in [5, 5.41) is 26.9. The van der Waals surface area contributed by atoms with Crippen molar-refractivity contribution in [1.29, 1.82) is 10.5 Å². The molecule has 1 aromatic heterocycles. The Balaban J connectivity index is 3.72. The monoisotopic (exact) mass is 203 g/mol. The maximum Gasteiger partial charge on any atom is 0.272 e. The van der Waals surface area contributed by atoms with Gasteiger partial charge in [0, 0.05) is 5.56 Å². The second-order valence-electron chi connectivity index (χ2n) is 3.11. The second-order valence-corrected chi connectivity index (χ2v) is 3.11. The van der Waals surface area contributed by atoms with E-state index >= 15 is 0 Å². The highest BCUT2D eigenvalue weighted by Crippen LogP contribution is 2.19. The first-order valence-electron chi connectivity index (χ1n) is 4.24. The van der Waals surface area contributed by atoms with Crippen LogP contribution in [0.25, 0.3) is 0 Å². The Hall–Kier alpha value is -2.27. The summed E-state index contributed by atoms with van der Waals surface area (Å²) >= 11 is 0. The number of rotatable bonds is 1. The lowest BCUT2D eigenvalue weighted by molar-refractivity contribution is 0.411. The first-order chi connectivity index (χ1) is 7.04. The Morgan fingerprint density at radius 3 is 2.40 bits per heavy atom. The van der Waals surface area contributed by atoms with Crippen LogP contribution in [0.4, 0.5) is 0 Å². The van der Waals surface area contributed by atoms with Crippen molar-refractivity contribution in [3.05, 3.63) is 27.0 Å². The molecular weight excluding hydrogens is 194 g/mol. The van der Waals surface area contributed by atoms with E-state index in [1.54, 1.807) is 26.0 Å². The van der Waals surface area contributed by atoms with Crippen molar-refractivity contribution >= 4 is 0 Å². The summed E-state index contributed by atoms with van der Waals surface area (Å²) in [6.45, 7) is 2.92. The van der Waals surface area contributed by atoms with Crippen LogP contribution in [0, 0.1) is 36.5 Å². The summed E-state index contributed by atoms with van der Waals surface area (Å²) < 4.78 is 0.890. The van der Waals surface area contributed by atoms with Crippen molar-refractivity contribution in [3.8, 4) is 18.0 Å². The molecule has 0 amide bonds. The van der Waals surface area contributed by atoms with Gasteiger partial charge in [-0.25, -0.2) is 0 Å². The van der Waals surface area contributed by atoms with E-state index < -0.39 is 5.56 Å². The van der Waals surface area contributed by atoms with Gasteiger partial charge in [0.2, 0.25) is 0 Å². The number of aromatic nitrogens is 1. The Kier molecular flexibility index (Phi) is 2.77. The van der Waals surface area contributed by atoms with Gasteiger partial charge in [0.15, 0.2) is 5.88 Å². The van der Waals surface area contributed by atoms with E-state index in [-0.39, 0.29) is 18.0 Å². The predicted molar refractivity (Wildman–Crippen MR) is 52.2 cm³/mol. The fourth-order valence-electron chi connectivity index (χ4n) is 1.30. The van der Waals surface area contributed by atoms with E-state index in [0.29, 0.717) is 11.1 Å². The standard InChI is InChI=1S/C10H9N3O2/c1-6-7(2)9(14)13(4-3-11)10(15)8(6)5-12/h14H,4H2,1-2H3. The number of hydrogen-bond acceptors (Lipinski definition) is 4. The molecule has 0 fully saturated rings. The molecular formula is C10H9N3O2. The molecule has 0 saturated carbocycles. The molecule has 0 aromatic carbocycles. The topological polar surface area (TPSA) is 89.8 Å². The second kappa shape index (κ2) is 3.85. The van der Waals surface area contributed by atoms with Crippen LogP contribution in [0.1, 0.15) is 16.7 Å². The first-order valence-corrected chi connectivity index (χ1v) is 4.24. The molecule has 0 saturated heterocycles. The van der Waals surface area contributed by atoms with Crippen molar-refractivity contribution in [1.82, 2.24) is 4.57 Å². The largest absolute Gasteiger partial charge is 0.494 e. The third-order valence-corrected chi connectivity index (χ3v) is 2.33. The van der Waals surface area contributed by atoms with Gasteiger partial charge >= 0.3 is 0 Å². The first kappa shape index (κ1) is 10.8. The minimum Gasteiger partial charge on any atom is -0.494 e. The number of pyridine rings is 1. The molecule has 1 aromatic rings. The fourth-order valence-corrected chi connectivity index (χ4v) is 1.30. The average molecular weight is 203 g/mol. The molecule has 15 heavy (non-hydrogen) atoms. The molecule has 5 nitrogen and oxygen atoms in total. The Morgan fingerprint density at radius 1 is 1.33 bits per heavy atom. The van der Waals surface area contributed by atoms with Crippen LogP contribution in [0.5, 0.6) is 5.88 Å². The molecule has 0 atom stereocenters. The van der Waals surface area contributed by atoms with E-state index in [4.69, 9.17) is 10.5 Å². The van der Waals surface area contributed by atoms with Crippen molar-refractivity contribution < 1.29 is 5.11 Å². The summed E-state index contributed by atoms with van der Waals surface area (Å²) in [4.78, 5) is 11.6. The highest BCUT2D eigenvalue weighted by Gasteiger charge is 2.15. The Morgan fingerprint density at radius 2 is 1.93 bits per heavy atom. The normalized spacial score (nSPS) is 9.33. The predicted octanol–water partition coefficient (Wildman–Crippen LogP) is 0.566. The van der Waals surface area contributed by atoms with Gasteiger partial charge in [0.05, 0.1) is 6.07 Å². The quantitative estimate of drug-likeness (QED) is 0.722.